The Morgan fingerprint density at radius 3 is 2.60 bits per heavy atom. The van der Waals surface area contributed by atoms with Crippen molar-refractivity contribution in [2.45, 2.75) is 43.5 Å². The summed E-state index contributed by atoms with van der Waals surface area (Å²) in [6.07, 6.45) is 3.84. The Labute approximate surface area is 178 Å². The molecule has 1 unspecified atom stereocenters. The summed E-state index contributed by atoms with van der Waals surface area (Å²) in [6.45, 7) is 3.84. The second kappa shape index (κ2) is 9.09. The van der Waals surface area contributed by atoms with Gasteiger partial charge in [-0.25, -0.2) is 13.1 Å². The molecule has 2 fully saturated rings. The van der Waals surface area contributed by atoms with Crippen molar-refractivity contribution in [3.05, 3.63) is 41.7 Å². The lowest BCUT2D eigenvalue weighted by Gasteiger charge is -2.46. The Morgan fingerprint density at radius 1 is 1.10 bits per heavy atom. The first-order valence-corrected chi connectivity index (χ1v) is 12.2. The van der Waals surface area contributed by atoms with Gasteiger partial charge in [-0.05, 0) is 54.8 Å². The van der Waals surface area contributed by atoms with Gasteiger partial charge in [0, 0.05) is 20.2 Å². The molecule has 0 N–H and O–H groups in total. The summed E-state index contributed by atoms with van der Waals surface area (Å²) >= 11 is 0. The monoisotopic (exact) mass is 434 g/mol. The predicted molar refractivity (Wildman–Crippen MR) is 112 cm³/mol. The molecule has 3 heterocycles. The second-order valence-electron chi connectivity index (χ2n) is 8.12. The molecule has 0 saturated carbocycles. The van der Waals surface area contributed by atoms with Gasteiger partial charge in [0.15, 0.2) is 5.82 Å². The van der Waals surface area contributed by atoms with Crippen LogP contribution in [0.25, 0.3) is 0 Å². The number of likely N-dealkylation sites (tertiary alicyclic amines) is 1. The standard InChI is InChI=1S/C20H30N6O3S/c1-29-15-14-26-19(21-22-23-26)20(24-11-5-6-12-24)10-7-13-25(17-20)30(27,28)16-18-8-3-2-4-9-18/h2-4,8-9H,5-7,10-17H2,1H3. The van der Waals surface area contributed by atoms with Gasteiger partial charge in [-0.15, -0.1) is 5.10 Å². The van der Waals surface area contributed by atoms with Crippen LogP contribution in [-0.4, -0.2) is 77.7 Å². The molecule has 2 aliphatic heterocycles. The second-order valence-corrected chi connectivity index (χ2v) is 10.1. The van der Waals surface area contributed by atoms with Crippen LogP contribution in [0.3, 0.4) is 0 Å². The number of aromatic nitrogens is 4. The van der Waals surface area contributed by atoms with Crippen molar-refractivity contribution < 1.29 is 13.2 Å². The smallest absolute Gasteiger partial charge is 0.218 e. The molecule has 30 heavy (non-hydrogen) atoms. The molecule has 0 radical (unpaired) electrons. The molecule has 0 spiro atoms. The zero-order chi connectivity index (χ0) is 21.0. The number of nitrogens with zero attached hydrogens (tertiary/aromatic N) is 6. The average molecular weight is 435 g/mol. The molecular formula is C20H30N6O3S. The highest BCUT2D eigenvalue weighted by atomic mass is 32.2. The first-order chi connectivity index (χ1) is 14.5. The minimum Gasteiger partial charge on any atom is -0.383 e. The molecule has 1 aromatic heterocycles. The van der Waals surface area contributed by atoms with Gasteiger partial charge in [0.1, 0.15) is 0 Å². The molecule has 0 bridgehead atoms. The van der Waals surface area contributed by atoms with E-state index >= 15 is 0 Å². The van der Waals surface area contributed by atoms with Crippen molar-refractivity contribution in [2.75, 3.05) is 39.9 Å². The van der Waals surface area contributed by atoms with Crippen molar-refractivity contribution >= 4 is 10.0 Å². The van der Waals surface area contributed by atoms with E-state index in [2.05, 4.69) is 20.4 Å². The van der Waals surface area contributed by atoms with Crippen LogP contribution < -0.4 is 0 Å². The summed E-state index contributed by atoms with van der Waals surface area (Å²) in [7, 11) is -1.80. The molecule has 0 amide bonds. The lowest BCUT2D eigenvalue weighted by Crippen LogP contribution is -2.58. The van der Waals surface area contributed by atoms with E-state index in [1.165, 1.54) is 0 Å². The van der Waals surface area contributed by atoms with Gasteiger partial charge in [-0.2, -0.15) is 4.31 Å². The minimum atomic E-state index is -3.45. The Kier molecular flexibility index (Phi) is 6.47. The van der Waals surface area contributed by atoms with Gasteiger partial charge < -0.3 is 4.74 Å². The fourth-order valence-corrected chi connectivity index (χ4v) is 6.32. The van der Waals surface area contributed by atoms with E-state index in [1.54, 1.807) is 16.1 Å². The third kappa shape index (κ3) is 4.27. The number of ether oxygens (including phenoxy) is 1. The van der Waals surface area contributed by atoms with Gasteiger partial charge in [0.05, 0.1) is 24.4 Å². The SMILES string of the molecule is COCCn1nnnc1C1(N2CCCC2)CCCN(S(=O)(=O)Cc2ccccc2)C1. The van der Waals surface area contributed by atoms with Crippen LogP contribution in [0, 0.1) is 0 Å². The summed E-state index contributed by atoms with van der Waals surface area (Å²) in [5, 5.41) is 12.5. The van der Waals surface area contributed by atoms with Crippen LogP contribution in [0.2, 0.25) is 0 Å². The van der Waals surface area contributed by atoms with Crippen molar-refractivity contribution in [2.24, 2.45) is 0 Å². The van der Waals surface area contributed by atoms with E-state index in [0.717, 1.165) is 50.2 Å². The van der Waals surface area contributed by atoms with Gasteiger partial charge in [-0.1, -0.05) is 30.3 Å². The summed E-state index contributed by atoms with van der Waals surface area (Å²) < 4.78 is 35.3. The fraction of sp³-hybridized carbons (Fsp3) is 0.650. The molecule has 1 atom stereocenters. The molecule has 2 aliphatic rings. The summed E-state index contributed by atoms with van der Waals surface area (Å²) in [4.78, 5) is 2.40. The molecule has 10 heteroatoms. The fourth-order valence-electron chi connectivity index (χ4n) is 4.70. The highest BCUT2D eigenvalue weighted by molar-refractivity contribution is 7.88. The third-order valence-corrected chi connectivity index (χ3v) is 7.98. The number of sulfonamides is 1. The Hall–Kier alpha value is -1.88. The highest BCUT2D eigenvalue weighted by Gasteiger charge is 2.49. The molecule has 9 nitrogen and oxygen atoms in total. The topological polar surface area (TPSA) is 93.4 Å². The van der Waals surface area contributed by atoms with E-state index < -0.39 is 15.6 Å². The lowest BCUT2D eigenvalue weighted by atomic mass is 9.87. The minimum absolute atomic E-state index is 0.0124. The summed E-state index contributed by atoms with van der Waals surface area (Å²) in [5.41, 5.74) is 0.301. The van der Waals surface area contributed by atoms with Gasteiger partial charge in [-0.3, -0.25) is 4.90 Å². The number of hydrogen-bond acceptors (Lipinski definition) is 7. The first-order valence-electron chi connectivity index (χ1n) is 10.6. The lowest BCUT2D eigenvalue weighted by molar-refractivity contribution is 0.0397. The number of benzene rings is 1. The van der Waals surface area contributed by atoms with Gasteiger partial charge in [0.2, 0.25) is 10.0 Å². The maximum Gasteiger partial charge on any atom is 0.218 e. The normalized spacial score (nSPS) is 23.8. The van der Waals surface area contributed by atoms with Crippen molar-refractivity contribution in [1.29, 1.82) is 0 Å². The van der Waals surface area contributed by atoms with Gasteiger partial charge >= 0.3 is 0 Å². The number of piperidine rings is 1. The Balaban J connectivity index is 1.65. The average Bonchev–Trinajstić information content (AvgIpc) is 3.45. The number of hydrogen-bond donors (Lipinski definition) is 0. The third-order valence-electron chi connectivity index (χ3n) is 6.19. The number of methoxy groups -OCH3 is 1. The van der Waals surface area contributed by atoms with Crippen molar-refractivity contribution in [3.8, 4) is 0 Å². The zero-order valence-corrected chi connectivity index (χ0v) is 18.3. The zero-order valence-electron chi connectivity index (χ0n) is 17.5. The molecular weight excluding hydrogens is 404 g/mol. The number of rotatable bonds is 8. The van der Waals surface area contributed by atoms with Crippen molar-refractivity contribution in [1.82, 2.24) is 29.4 Å². The predicted octanol–water partition coefficient (Wildman–Crippen LogP) is 1.24. The molecule has 0 aliphatic carbocycles. The highest BCUT2D eigenvalue weighted by Crippen LogP contribution is 2.39. The molecule has 1 aromatic carbocycles. The van der Waals surface area contributed by atoms with E-state index in [0.29, 0.717) is 26.2 Å². The molecule has 4 rings (SSSR count). The quantitative estimate of drug-likeness (QED) is 0.617. The maximum atomic E-state index is 13.3. The molecule has 2 aromatic rings. The molecule has 164 valence electrons. The van der Waals surface area contributed by atoms with Crippen LogP contribution in [0.4, 0.5) is 0 Å². The first kappa shape index (κ1) is 21.4. The van der Waals surface area contributed by atoms with E-state index in [9.17, 15) is 8.42 Å². The Morgan fingerprint density at radius 2 is 1.87 bits per heavy atom. The molecule has 2 saturated heterocycles. The van der Waals surface area contributed by atoms with Crippen LogP contribution in [0.15, 0.2) is 30.3 Å². The van der Waals surface area contributed by atoms with E-state index in [4.69, 9.17) is 4.74 Å². The number of tetrazole rings is 1. The summed E-state index contributed by atoms with van der Waals surface area (Å²) in [5.74, 6) is 0.763. The van der Waals surface area contributed by atoms with Crippen molar-refractivity contribution in [3.63, 3.8) is 0 Å². The van der Waals surface area contributed by atoms with Gasteiger partial charge in [0.25, 0.3) is 0 Å². The van der Waals surface area contributed by atoms with E-state index in [-0.39, 0.29) is 5.75 Å². The van der Waals surface area contributed by atoms with E-state index in [1.807, 2.05) is 30.3 Å². The van der Waals surface area contributed by atoms with Crippen LogP contribution in [0.1, 0.15) is 37.1 Å². The summed E-state index contributed by atoms with van der Waals surface area (Å²) in [6, 6.07) is 9.37. The van der Waals surface area contributed by atoms with Crippen LogP contribution in [-0.2, 0) is 32.6 Å². The van der Waals surface area contributed by atoms with Crippen LogP contribution in [0.5, 0.6) is 0 Å². The maximum absolute atomic E-state index is 13.3. The Bertz CT molecular complexity index is 929. The van der Waals surface area contributed by atoms with Crippen LogP contribution >= 0.6 is 0 Å². The largest absolute Gasteiger partial charge is 0.383 e.